The Bertz CT molecular complexity index is 544. The molecule has 136 valence electrons. The summed E-state index contributed by atoms with van der Waals surface area (Å²) in [4.78, 5) is 0. The molecule has 24 heavy (non-hydrogen) atoms. The van der Waals surface area contributed by atoms with Crippen LogP contribution in [0.5, 0.6) is 11.5 Å². The summed E-state index contributed by atoms with van der Waals surface area (Å²) in [6.07, 6.45) is 4.14. The smallest absolute Gasteiger partial charge is 0.250 e. The van der Waals surface area contributed by atoms with Crippen molar-refractivity contribution in [1.29, 1.82) is 0 Å². The highest BCUT2D eigenvalue weighted by Gasteiger charge is 2.38. The largest absolute Gasteiger partial charge is 0.547 e. The van der Waals surface area contributed by atoms with Crippen molar-refractivity contribution in [3.8, 4) is 11.5 Å². The number of benzene rings is 1. The van der Waals surface area contributed by atoms with E-state index in [9.17, 15) is 0 Å². The van der Waals surface area contributed by atoms with Gasteiger partial charge in [-0.1, -0.05) is 33.4 Å². The summed E-state index contributed by atoms with van der Waals surface area (Å²) in [5, 5.41) is 0.218. The maximum absolute atomic E-state index is 6.23. The van der Waals surface area contributed by atoms with Gasteiger partial charge in [0.1, 0.15) is 0 Å². The number of rotatable bonds is 9. The predicted molar refractivity (Wildman–Crippen MR) is 105 cm³/mol. The Labute approximate surface area is 149 Å². The van der Waals surface area contributed by atoms with Crippen LogP contribution in [0.3, 0.4) is 0 Å². The van der Waals surface area contributed by atoms with E-state index in [0.29, 0.717) is 0 Å². The van der Waals surface area contributed by atoms with E-state index in [1.807, 2.05) is 6.07 Å². The van der Waals surface area contributed by atoms with Gasteiger partial charge in [0.25, 0.3) is 0 Å². The maximum Gasteiger partial charge on any atom is 0.250 e. The maximum atomic E-state index is 6.23. The molecule has 0 aromatic heterocycles. The molecule has 3 nitrogen and oxygen atoms in total. The van der Waals surface area contributed by atoms with Gasteiger partial charge in [-0.05, 0) is 55.1 Å². The quantitative estimate of drug-likeness (QED) is 0.313. The van der Waals surface area contributed by atoms with Gasteiger partial charge in [-0.2, -0.15) is 0 Å². The monoisotopic (exact) mass is 350 g/mol. The van der Waals surface area contributed by atoms with Gasteiger partial charge in [-0.25, -0.2) is 0 Å². The Kier molecular flexibility index (Phi) is 7.40. The Morgan fingerprint density at radius 2 is 1.67 bits per heavy atom. The summed E-state index contributed by atoms with van der Waals surface area (Å²) in [6, 6.07) is 6.12. The molecule has 1 aromatic carbocycles. The molecule has 0 bridgehead atoms. The minimum absolute atomic E-state index is 0.218. The van der Waals surface area contributed by atoms with Crippen molar-refractivity contribution < 1.29 is 13.9 Å². The van der Waals surface area contributed by atoms with Crippen LogP contribution >= 0.6 is 0 Å². The Hall–Kier alpha value is -1.42. The summed E-state index contributed by atoms with van der Waals surface area (Å²) >= 11 is 0. The molecule has 0 unspecified atom stereocenters. The van der Waals surface area contributed by atoms with Crippen LogP contribution in [0.25, 0.3) is 0 Å². The summed E-state index contributed by atoms with van der Waals surface area (Å²) < 4.78 is 16.9. The molecule has 0 atom stereocenters. The summed E-state index contributed by atoms with van der Waals surface area (Å²) in [7, 11) is 1.58. The zero-order valence-corrected chi connectivity index (χ0v) is 17.5. The normalized spacial score (nSPS) is 12.0. The molecule has 4 heteroatoms. The molecule has 1 rings (SSSR count). The van der Waals surface area contributed by atoms with E-state index in [1.54, 1.807) is 14.2 Å². The predicted octanol–water partition coefficient (Wildman–Crippen LogP) is 5.95. The third-order valence-corrected chi connectivity index (χ3v) is 9.24. The van der Waals surface area contributed by atoms with Crippen LogP contribution in [-0.4, -0.2) is 22.5 Å². The van der Waals surface area contributed by atoms with E-state index in [4.69, 9.17) is 13.9 Å². The second-order valence-corrected chi connectivity index (χ2v) is 12.5. The number of aryl methyl sites for hydroxylation is 1. The highest BCUT2D eigenvalue weighted by atomic mass is 28.4. The van der Waals surface area contributed by atoms with Crippen LogP contribution in [0.2, 0.25) is 18.1 Å². The Balaban J connectivity index is 2.42. The lowest BCUT2D eigenvalue weighted by atomic mass is 10.1. The van der Waals surface area contributed by atoms with Crippen molar-refractivity contribution in [3.63, 3.8) is 0 Å². The average molecular weight is 351 g/mol. The fourth-order valence-corrected chi connectivity index (χ4v) is 3.38. The molecule has 1 aromatic rings. The van der Waals surface area contributed by atoms with Gasteiger partial charge >= 0.3 is 0 Å². The molecular formula is C20H34O3Si. The molecule has 0 N–H and O–H groups in total. The zero-order chi connectivity index (χ0) is 18.4. The second-order valence-electron chi connectivity index (χ2n) is 7.80. The van der Waals surface area contributed by atoms with E-state index >= 15 is 0 Å². The third-order valence-electron chi connectivity index (χ3n) is 4.82. The lowest BCUT2D eigenvalue weighted by molar-refractivity contribution is 0.354. The van der Waals surface area contributed by atoms with Crippen LogP contribution in [0.4, 0.5) is 0 Å². The van der Waals surface area contributed by atoms with Crippen LogP contribution < -0.4 is 9.47 Å². The fourth-order valence-electron chi connectivity index (χ4n) is 2.25. The van der Waals surface area contributed by atoms with Gasteiger partial charge < -0.3 is 13.9 Å². The summed E-state index contributed by atoms with van der Waals surface area (Å²) in [6.45, 7) is 15.4. The lowest BCUT2D eigenvalue weighted by Gasteiger charge is -2.37. The number of unbranched alkanes of at least 4 members (excludes halogenated alkanes) is 1. The molecule has 0 saturated heterocycles. The Morgan fingerprint density at radius 1 is 1.04 bits per heavy atom. The minimum atomic E-state index is -1.75. The van der Waals surface area contributed by atoms with Crippen molar-refractivity contribution in [2.75, 3.05) is 14.2 Å². The van der Waals surface area contributed by atoms with Crippen molar-refractivity contribution in [2.45, 2.75) is 64.6 Å². The molecule has 0 spiro atoms. The van der Waals surface area contributed by atoms with E-state index in [1.165, 1.54) is 5.56 Å². The van der Waals surface area contributed by atoms with Crippen LogP contribution in [-0.2, 0) is 10.8 Å². The number of methoxy groups -OCH3 is 2. The molecular weight excluding hydrogens is 316 g/mol. The summed E-state index contributed by atoms with van der Waals surface area (Å²) in [5.41, 5.74) is 1.27. The van der Waals surface area contributed by atoms with Crippen molar-refractivity contribution >= 4 is 8.32 Å². The lowest BCUT2D eigenvalue weighted by Crippen LogP contribution is -2.40. The van der Waals surface area contributed by atoms with E-state index in [-0.39, 0.29) is 5.04 Å². The first-order valence-corrected chi connectivity index (χ1v) is 11.6. The highest BCUT2D eigenvalue weighted by Crippen LogP contribution is 2.38. The van der Waals surface area contributed by atoms with E-state index < -0.39 is 8.32 Å². The topological polar surface area (TPSA) is 27.7 Å². The van der Waals surface area contributed by atoms with E-state index in [2.05, 4.69) is 52.6 Å². The molecule has 0 aliphatic heterocycles. The van der Waals surface area contributed by atoms with Crippen LogP contribution in [0.15, 0.2) is 30.5 Å². The molecule has 0 amide bonds. The van der Waals surface area contributed by atoms with Gasteiger partial charge in [0.2, 0.25) is 8.32 Å². The van der Waals surface area contributed by atoms with Crippen molar-refractivity contribution in [2.24, 2.45) is 0 Å². The SMILES string of the molecule is C=C(CCCCc1ccc(OC)c(OC)c1)O[Si](C)(C)C(C)(C)C. The molecule has 0 fully saturated rings. The number of hydrogen-bond acceptors (Lipinski definition) is 3. The van der Waals surface area contributed by atoms with Gasteiger partial charge in [-0.3, -0.25) is 0 Å². The van der Waals surface area contributed by atoms with Gasteiger partial charge in [0, 0.05) is 6.42 Å². The average Bonchev–Trinajstić information content (AvgIpc) is 2.49. The highest BCUT2D eigenvalue weighted by molar-refractivity contribution is 6.74. The standard InChI is InChI=1S/C20H34O3Si/c1-16(23-24(7,8)20(2,3)4)11-9-10-12-17-13-14-18(21-5)19(15-17)22-6/h13-15H,1,9-12H2,2-8H3. The van der Waals surface area contributed by atoms with Crippen LogP contribution in [0, 0.1) is 0 Å². The second kappa shape index (κ2) is 8.61. The van der Waals surface area contributed by atoms with Crippen molar-refractivity contribution in [3.05, 3.63) is 36.1 Å². The Morgan fingerprint density at radius 3 is 2.21 bits per heavy atom. The molecule has 0 aliphatic carbocycles. The minimum Gasteiger partial charge on any atom is -0.547 e. The number of hydrogen-bond donors (Lipinski definition) is 0. The van der Waals surface area contributed by atoms with E-state index in [0.717, 1.165) is 42.9 Å². The summed E-state index contributed by atoms with van der Waals surface area (Å²) in [5.74, 6) is 2.51. The number of allylic oxidation sites excluding steroid dienone is 1. The first-order valence-electron chi connectivity index (χ1n) is 8.68. The van der Waals surface area contributed by atoms with Gasteiger partial charge in [0.15, 0.2) is 11.5 Å². The van der Waals surface area contributed by atoms with Gasteiger partial charge in [-0.15, -0.1) is 0 Å². The third kappa shape index (κ3) is 5.89. The molecule has 0 saturated carbocycles. The van der Waals surface area contributed by atoms with Gasteiger partial charge in [0.05, 0.1) is 20.0 Å². The van der Waals surface area contributed by atoms with Crippen LogP contribution in [0.1, 0.15) is 45.6 Å². The number of ether oxygens (including phenoxy) is 2. The first kappa shape index (κ1) is 20.6. The molecule has 0 heterocycles. The molecule has 0 radical (unpaired) electrons. The fraction of sp³-hybridized carbons (Fsp3) is 0.600. The molecule has 0 aliphatic rings. The van der Waals surface area contributed by atoms with Crippen molar-refractivity contribution in [1.82, 2.24) is 0 Å². The first-order chi connectivity index (χ1) is 11.1. The zero-order valence-electron chi connectivity index (χ0n) is 16.5.